The van der Waals surface area contributed by atoms with Gasteiger partial charge in [-0.2, -0.15) is 0 Å². The lowest BCUT2D eigenvalue weighted by atomic mass is 10.0. The molecule has 2 nitrogen and oxygen atoms in total. The Bertz CT molecular complexity index is 702. The van der Waals surface area contributed by atoms with Crippen LogP contribution in [0.2, 0.25) is 25.1 Å². The number of ketones is 1. The smallest absolute Gasteiger partial charge is 0.201 e. The van der Waals surface area contributed by atoms with Crippen molar-refractivity contribution in [2.24, 2.45) is 0 Å². The Labute approximate surface area is 146 Å². The van der Waals surface area contributed by atoms with Crippen molar-refractivity contribution in [3.63, 3.8) is 0 Å². The third kappa shape index (κ3) is 3.10. The highest BCUT2D eigenvalue weighted by molar-refractivity contribution is 6.51. The Kier molecular flexibility index (Phi) is 5.29. The van der Waals surface area contributed by atoms with Gasteiger partial charge in [0.1, 0.15) is 5.75 Å². The predicted molar refractivity (Wildman–Crippen MR) is 87.9 cm³/mol. The summed E-state index contributed by atoms with van der Waals surface area (Å²) in [6.07, 6.45) is 0. The van der Waals surface area contributed by atoms with E-state index in [1.165, 1.54) is 13.2 Å². The average Bonchev–Trinajstić information content (AvgIpc) is 2.44. The lowest BCUT2D eigenvalue weighted by Gasteiger charge is -2.13. The minimum Gasteiger partial charge on any atom is -0.496 e. The fourth-order valence-electron chi connectivity index (χ4n) is 1.79. The number of benzene rings is 2. The molecule has 7 heteroatoms. The van der Waals surface area contributed by atoms with Gasteiger partial charge in [-0.3, -0.25) is 4.79 Å². The molecule has 0 amide bonds. The first kappa shape index (κ1) is 16.7. The van der Waals surface area contributed by atoms with Crippen LogP contribution in [0, 0.1) is 0 Å². The molecule has 0 atom stereocenters. The van der Waals surface area contributed by atoms with Gasteiger partial charge >= 0.3 is 0 Å². The summed E-state index contributed by atoms with van der Waals surface area (Å²) in [7, 11) is 1.43. The molecule has 0 spiro atoms. The van der Waals surface area contributed by atoms with Crippen molar-refractivity contribution >= 4 is 63.8 Å². The van der Waals surface area contributed by atoms with E-state index >= 15 is 0 Å². The molecule has 0 aliphatic heterocycles. The Hall–Kier alpha value is -0.640. The Morgan fingerprint density at radius 2 is 1.48 bits per heavy atom. The number of ether oxygens (including phenoxy) is 1. The zero-order valence-corrected chi connectivity index (χ0v) is 14.3. The molecule has 0 saturated carbocycles. The predicted octanol–water partition coefficient (Wildman–Crippen LogP) is 6.19. The topological polar surface area (TPSA) is 26.3 Å². The molecule has 21 heavy (non-hydrogen) atoms. The molecule has 0 unspecified atom stereocenters. The summed E-state index contributed by atoms with van der Waals surface area (Å²) in [6, 6.07) is 6.19. The fraction of sp³-hybridized carbons (Fsp3) is 0.0714. The van der Waals surface area contributed by atoms with Gasteiger partial charge in [0.05, 0.1) is 43.3 Å². The summed E-state index contributed by atoms with van der Waals surface area (Å²) < 4.78 is 5.15. The van der Waals surface area contributed by atoms with E-state index in [1.807, 2.05) is 0 Å². The summed E-state index contributed by atoms with van der Waals surface area (Å²) in [5.74, 6) is -0.215. The monoisotopic (exact) mass is 382 g/mol. The van der Waals surface area contributed by atoms with Crippen LogP contribution in [0.4, 0.5) is 0 Å². The number of hydrogen-bond acceptors (Lipinski definition) is 2. The minimum absolute atomic E-state index is 0.0118. The molecule has 2 rings (SSSR count). The average molecular weight is 384 g/mol. The van der Waals surface area contributed by atoms with Crippen LogP contribution in [0.3, 0.4) is 0 Å². The molecule has 0 bridgehead atoms. The third-order valence-corrected chi connectivity index (χ3v) is 4.65. The molecule has 0 aliphatic carbocycles. The van der Waals surface area contributed by atoms with E-state index in [0.717, 1.165) is 0 Å². The van der Waals surface area contributed by atoms with Gasteiger partial charge in [0.15, 0.2) is 0 Å². The first-order valence-electron chi connectivity index (χ1n) is 5.58. The van der Waals surface area contributed by atoms with Crippen LogP contribution in [0.25, 0.3) is 0 Å². The first-order chi connectivity index (χ1) is 9.88. The van der Waals surface area contributed by atoms with E-state index in [1.54, 1.807) is 18.2 Å². The van der Waals surface area contributed by atoms with Crippen LogP contribution in [-0.2, 0) is 0 Å². The SMILES string of the molecule is COc1cccc(Cl)c1C(=O)c1c(Cl)c(Cl)cc(Cl)c1Cl. The number of hydrogen-bond donors (Lipinski definition) is 0. The largest absolute Gasteiger partial charge is 0.496 e. The van der Waals surface area contributed by atoms with Crippen LogP contribution in [0.1, 0.15) is 15.9 Å². The second-order valence-electron chi connectivity index (χ2n) is 3.99. The molecule has 0 saturated heterocycles. The first-order valence-corrected chi connectivity index (χ1v) is 7.47. The molecule has 0 heterocycles. The van der Waals surface area contributed by atoms with Crippen molar-refractivity contribution in [2.45, 2.75) is 0 Å². The van der Waals surface area contributed by atoms with Crippen LogP contribution >= 0.6 is 58.0 Å². The molecule has 0 N–H and O–H groups in total. The molecule has 110 valence electrons. The quantitative estimate of drug-likeness (QED) is 0.466. The normalized spacial score (nSPS) is 10.6. The van der Waals surface area contributed by atoms with E-state index < -0.39 is 5.78 Å². The third-order valence-electron chi connectivity index (χ3n) is 2.76. The van der Waals surface area contributed by atoms with Gasteiger partial charge in [0.2, 0.25) is 5.78 Å². The van der Waals surface area contributed by atoms with E-state index in [9.17, 15) is 4.79 Å². The number of carbonyl (C=O) groups is 1. The van der Waals surface area contributed by atoms with Crippen molar-refractivity contribution in [1.29, 1.82) is 0 Å². The van der Waals surface area contributed by atoms with Crippen molar-refractivity contribution in [3.8, 4) is 5.75 Å². The number of methoxy groups -OCH3 is 1. The summed E-state index contributed by atoms with van der Waals surface area (Å²) in [5.41, 5.74) is 0.131. The van der Waals surface area contributed by atoms with E-state index in [2.05, 4.69) is 0 Å². The highest BCUT2D eigenvalue weighted by Gasteiger charge is 2.25. The molecule has 0 fully saturated rings. The molecular formula is C14H7Cl5O2. The van der Waals surface area contributed by atoms with Crippen molar-refractivity contribution in [1.82, 2.24) is 0 Å². The molecule has 0 aromatic heterocycles. The molecule has 2 aromatic rings. The fourth-order valence-corrected chi connectivity index (χ4v) is 3.03. The zero-order valence-electron chi connectivity index (χ0n) is 10.5. The highest BCUT2D eigenvalue weighted by Crippen LogP contribution is 2.40. The summed E-state index contributed by atoms with van der Waals surface area (Å²) in [5, 5.41) is 0.486. The van der Waals surface area contributed by atoms with Gasteiger partial charge in [-0.05, 0) is 18.2 Å². The molecular weight excluding hydrogens is 377 g/mol. The summed E-state index contributed by atoms with van der Waals surface area (Å²) >= 11 is 30.1. The van der Waals surface area contributed by atoms with Crippen LogP contribution in [-0.4, -0.2) is 12.9 Å². The maximum atomic E-state index is 12.7. The lowest BCUT2D eigenvalue weighted by Crippen LogP contribution is -2.07. The van der Waals surface area contributed by atoms with Crippen LogP contribution < -0.4 is 4.74 Å². The molecule has 0 aliphatic rings. The van der Waals surface area contributed by atoms with Crippen molar-refractivity contribution in [3.05, 3.63) is 60.5 Å². The van der Waals surface area contributed by atoms with Crippen molar-refractivity contribution < 1.29 is 9.53 Å². The Morgan fingerprint density at radius 1 is 0.905 bits per heavy atom. The number of rotatable bonds is 3. The van der Waals surface area contributed by atoms with Gasteiger partial charge < -0.3 is 4.74 Å². The van der Waals surface area contributed by atoms with Crippen LogP contribution in [0.5, 0.6) is 5.75 Å². The minimum atomic E-state index is -0.517. The van der Waals surface area contributed by atoms with E-state index in [-0.39, 0.29) is 36.2 Å². The summed E-state index contributed by atoms with van der Waals surface area (Å²) in [6.45, 7) is 0. The zero-order chi connectivity index (χ0) is 15.7. The van der Waals surface area contributed by atoms with Crippen molar-refractivity contribution in [2.75, 3.05) is 7.11 Å². The van der Waals surface area contributed by atoms with Crippen LogP contribution in [0.15, 0.2) is 24.3 Å². The standard InChI is InChI=1S/C14H7Cl5O2/c1-21-9-4-2-3-6(15)10(9)14(20)11-12(18)7(16)5-8(17)13(11)19/h2-5H,1H3. The molecule has 2 aromatic carbocycles. The van der Waals surface area contributed by atoms with E-state index in [4.69, 9.17) is 62.7 Å². The van der Waals surface area contributed by atoms with Gasteiger partial charge in [-0.1, -0.05) is 64.1 Å². The Morgan fingerprint density at radius 3 is 2.00 bits per heavy atom. The highest BCUT2D eigenvalue weighted by atomic mass is 35.5. The Balaban J connectivity index is 2.72. The summed E-state index contributed by atoms with van der Waals surface area (Å²) in [4.78, 5) is 12.7. The molecule has 0 radical (unpaired) electrons. The van der Waals surface area contributed by atoms with Gasteiger partial charge in [-0.25, -0.2) is 0 Å². The number of halogens is 5. The van der Waals surface area contributed by atoms with Gasteiger partial charge in [0.25, 0.3) is 0 Å². The second kappa shape index (κ2) is 6.64. The second-order valence-corrected chi connectivity index (χ2v) is 5.97. The van der Waals surface area contributed by atoms with Gasteiger partial charge in [0, 0.05) is 0 Å². The number of carbonyl (C=O) groups excluding carboxylic acids is 1. The maximum absolute atomic E-state index is 12.7. The maximum Gasteiger partial charge on any atom is 0.201 e. The lowest BCUT2D eigenvalue weighted by molar-refractivity contribution is 0.103. The van der Waals surface area contributed by atoms with Gasteiger partial charge in [-0.15, -0.1) is 0 Å². The van der Waals surface area contributed by atoms with E-state index in [0.29, 0.717) is 5.75 Å².